The van der Waals surface area contributed by atoms with Gasteiger partial charge in [0.1, 0.15) is 6.10 Å². The van der Waals surface area contributed by atoms with Crippen LogP contribution in [-0.4, -0.2) is 37.0 Å². The molecule has 0 heterocycles. The molecule has 4 nitrogen and oxygen atoms in total. The highest BCUT2D eigenvalue weighted by atomic mass is 16.6. The van der Waals surface area contributed by atoms with Gasteiger partial charge in [0.15, 0.2) is 0 Å². The third kappa shape index (κ3) is 21.3. The number of unbranched alkanes of at least 4 members (excludes halogenated alkanes) is 8. The Morgan fingerprint density at radius 3 is 1.97 bits per heavy atom. The van der Waals surface area contributed by atoms with Crippen molar-refractivity contribution >= 4 is 5.97 Å². The fraction of sp³-hybridized carbons (Fsp3) is 0.731. The van der Waals surface area contributed by atoms with Crippen molar-refractivity contribution in [1.82, 2.24) is 0 Å². The lowest BCUT2D eigenvalue weighted by atomic mass is 10.1. The third-order valence-electron chi connectivity index (χ3n) is 4.78. The number of allylic oxidation sites excluding steroid dienone is 6. The molecule has 0 aromatic heterocycles. The Morgan fingerprint density at radius 2 is 1.37 bits per heavy atom. The van der Waals surface area contributed by atoms with Gasteiger partial charge in [-0.15, -0.1) is 0 Å². The zero-order valence-electron chi connectivity index (χ0n) is 19.5. The van der Waals surface area contributed by atoms with Crippen LogP contribution in [0.4, 0.5) is 0 Å². The minimum atomic E-state index is -0.531. The van der Waals surface area contributed by atoms with E-state index in [-0.39, 0.29) is 19.2 Å². The molecule has 0 rings (SSSR count). The number of esters is 1. The van der Waals surface area contributed by atoms with Crippen LogP contribution in [0.2, 0.25) is 0 Å². The van der Waals surface area contributed by atoms with Crippen molar-refractivity contribution < 1.29 is 19.4 Å². The summed E-state index contributed by atoms with van der Waals surface area (Å²) in [6.07, 6.45) is 27.7. The summed E-state index contributed by atoms with van der Waals surface area (Å²) in [7, 11) is 0. The Kier molecular flexibility index (Phi) is 22.8. The van der Waals surface area contributed by atoms with Gasteiger partial charge in [-0.05, 0) is 38.5 Å². The van der Waals surface area contributed by atoms with E-state index in [0.29, 0.717) is 13.0 Å². The fourth-order valence-electron chi connectivity index (χ4n) is 2.96. The first-order valence-corrected chi connectivity index (χ1v) is 12.1. The Labute approximate surface area is 185 Å². The average molecular weight is 423 g/mol. The number of hydrogen-bond acceptors (Lipinski definition) is 4. The third-order valence-corrected chi connectivity index (χ3v) is 4.78. The summed E-state index contributed by atoms with van der Waals surface area (Å²) in [4.78, 5) is 11.2. The number of hydrogen-bond donors (Lipinski definition) is 1. The van der Waals surface area contributed by atoms with E-state index in [1.54, 1.807) is 6.92 Å². The molecule has 1 unspecified atom stereocenters. The Bertz CT molecular complexity index is 454. The molecule has 0 spiro atoms. The highest BCUT2D eigenvalue weighted by Gasteiger charge is 2.11. The fourth-order valence-corrected chi connectivity index (χ4v) is 2.96. The first-order chi connectivity index (χ1) is 14.7. The van der Waals surface area contributed by atoms with Crippen molar-refractivity contribution in [2.24, 2.45) is 0 Å². The molecule has 0 aromatic rings. The number of ether oxygens (including phenoxy) is 2. The van der Waals surface area contributed by atoms with E-state index >= 15 is 0 Å². The molecule has 0 amide bonds. The van der Waals surface area contributed by atoms with Crippen molar-refractivity contribution in [3.8, 4) is 0 Å². The van der Waals surface area contributed by atoms with Gasteiger partial charge in [-0.1, -0.05) is 88.8 Å². The van der Waals surface area contributed by atoms with Crippen LogP contribution in [0.3, 0.4) is 0 Å². The molecule has 4 heteroatoms. The highest BCUT2D eigenvalue weighted by molar-refractivity contribution is 5.69. The molecule has 0 saturated carbocycles. The van der Waals surface area contributed by atoms with Gasteiger partial charge in [-0.3, -0.25) is 4.79 Å². The second-order valence-corrected chi connectivity index (χ2v) is 7.63. The molecule has 1 N–H and O–H groups in total. The predicted octanol–water partition coefficient (Wildman–Crippen LogP) is 6.69. The molecule has 0 aromatic carbocycles. The second-order valence-electron chi connectivity index (χ2n) is 7.63. The minimum Gasteiger partial charge on any atom is -0.457 e. The first kappa shape index (κ1) is 28.6. The number of carbonyl (C=O) groups is 1. The summed E-state index contributed by atoms with van der Waals surface area (Å²) < 4.78 is 10.6. The summed E-state index contributed by atoms with van der Waals surface area (Å²) in [6, 6.07) is 0. The van der Waals surface area contributed by atoms with Crippen molar-refractivity contribution in [3.05, 3.63) is 36.5 Å². The standard InChI is InChI=1S/C26H46O4/c1-3-5-6-7-8-9-10-11-12-13-14-15-16-17-18-19-20-21-22-29-24-25(23-27)30-26(28)4-2/h5-6,8-9,11-12,25,27H,3-4,7,10,13-24H2,1-2H3/b6-5-,9-8-,12-11-. The van der Waals surface area contributed by atoms with Crippen molar-refractivity contribution in [3.63, 3.8) is 0 Å². The molecule has 174 valence electrons. The van der Waals surface area contributed by atoms with E-state index in [9.17, 15) is 4.79 Å². The normalized spacial score (nSPS) is 13.0. The molecule has 0 saturated heterocycles. The van der Waals surface area contributed by atoms with Crippen LogP contribution in [0.1, 0.15) is 97.3 Å². The largest absolute Gasteiger partial charge is 0.457 e. The van der Waals surface area contributed by atoms with Crippen molar-refractivity contribution in [2.45, 2.75) is 103 Å². The zero-order valence-corrected chi connectivity index (χ0v) is 19.5. The molecule has 0 aliphatic carbocycles. The maximum absolute atomic E-state index is 11.2. The van der Waals surface area contributed by atoms with E-state index in [0.717, 1.165) is 25.7 Å². The highest BCUT2D eigenvalue weighted by Crippen LogP contribution is 2.10. The van der Waals surface area contributed by atoms with Gasteiger partial charge >= 0.3 is 5.97 Å². The van der Waals surface area contributed by atoms with Crippen LogP contribution >= 0.6 is 0 Å². The smallest absolute Gasteiger partial charge is 0.305 e. The molecule has 30 heavy (non-hydrogen) atoms. The summed E-state index contributed by atoms with van der Waals surface area (Å²) in [6.45, 7) is 4.66. The molecular weight excluding hydrogens is 376 g/mol. The van der Waals surface area contributed by atoms with E-state index in [1.807, 2.05) is 0 Å². The maximum atomic E-state index is 11.2. The lowest BCUT2D eigenvalue weighted by Gasteiger charge is -2.15. The van der Waals surface area contributed by atoms with Crippen molar-refractivity contribution in [1.29, 1.82) is 0 Å². The van der Waals surface area contributed by atoms with Crippen LogP contribution in [0.25, 0.3) is 0 Å². The molecular formula is C26H46O4. The van der Waals surface area contributed by atoms with Gasteiger partial charge in [0.05, 0.1) is 13.2 Å². The Balaban J connectivity index is 3.32. The van der Waals surface area contributed by atoms with Crippen LogP contribution in [-0.2, 0) is 14.3 Å². The summed E-state index contributed by atoms with van der Waals surface area (Å²) in [5, 5.41) is 9.16. The van der Waals surface area contributed by atoms with E-state index < -0.39 is 6.10 Å². The molecule has 0 aliphatic heterocycles. The number of aliphatic hydroxyl groups excluding tert-OH is 1. The van der Waals surface area contributed by atoms with Gasteiger partial charge in [0.2, 0.25) is 0 Å². The number of rotatable bonds is 21. The van der Waals surface area contributed by atoms with Gasteiger partial charge < -0.3 is 14.6 Å². The van der Waals surface area contributed by atoms with Crippen LogP contribution in [0.5, 0.6) is 0 Å². The number of aliphatic hydroxyl groups is 1. The Morgan fingerprint density at radius 1 is 0.800 bits per heavy atom. The summed E-state index contributed by atoms with van der Waals surface area (Å²) in [5.41, 5.74) is 0. The zero-order chi connectivity index (χ0) is 22.1. The van der Waals surface area contributed by atoms with E-state index in [1.165, 1.54) is 51.4 Å². The summed E-state index contributed by atoms with van der Waals surface area (Å²) in [5.74, 6) is -0.295. The number of carbonyl (C=O) groups excluding carboxylic acids is 1. The maximum Gasteiger partial charge on any atom is 0.305 e. The van der Waals surface area contributed by atoms with Crippen molar-refractivity contribution in [2.75, 3.05) is 19.8 Å². The lowest BCUT2D eigenvalue weighted by molar-refractivity contribution is -0.154. The minimum absolute atomic E-state index is 0.185. The first-order valence-electron chi connectivity index (χ1n) is 12.1. The van der Waals surface area contributed by atoms with Crippen LogP contribution in [0.15, 0.2) is 36.5 Å². The average Bonchev–Trinajstić information content (AvgIpc) is 2.76. The van der Waals surface area contributed by atoms with Crippen LogP contribution in [0, 0.1) is 0 Å². The second kappa shape index (κ2) is 23.9. The van der Waals surface area contributed by atoms with E-state index in [4.69, 9.17) is 14.6 Å². The lowest BCUT2D eigenvalue weighted by Crippen LogP contribution is -2.27. The molecule has 0 radical (unpaired) electrons. The molecule has 0 fully saturated rings. The summed E-state index contributed by atoms with van der Waals surface area (Å²) >= 11 is 0. The van der Waals surface area contributed by atoms with Gasteiger partial charge in [0, 0.05) is 13.0 Å². The van der Waals surface area contributed by atoms with Gasteiger partial charge in [-0.2, -0.15) is 0 Å². The quantitative estimate of drug-likeness (QED) is 0.127. The van der Waals surface area contributed by atoms with Crippen LogP contribution < -0.4 is 0 Å². The molecule has 0 bridgehead atoms. The molecule has 0 aliphatic rings. The Hall–Kier alpha value is -1.39. The topological polar surface area (TPSA) is 55.8 Å². The predicted molar refractivity (Wildman–Crippen MR) is 127 cm³/mol. The molecule has 1 atom stereocenters. The van der Waals surface area contributed by atoms with E-state index in [2.05, 4.69) is 43.4 Å². The SMILES string of the molecule is CC/C=C\C/C=C\C/C=C\CCCCCCCCCCOCC(CO)OC(=O)CC. The van der Waals surface area contributed by atoms with Gasteiger partial charge in [0.25, 0.3) is 0 Å². The monoisotopic (exact) mass is 422 g/mol. The van der Waals surface area contributed by atoms with Gasteiger partial charge in [-0.25, -0.2) is 0 Å².